The van der Waals surface area contributed by atoms with E-state index >= 15 is 0 Å². The average Bonchev–Trinajstić information content (AvgIpc) is 2.18. The van der Waals surface area contributed by atoms with Crippen LogP contribution in [-0.4, -0.2) is 18.1 Å². The zero-order chi connectivity index (χ0) is 10.4. The minimum absolute atomic E-state index is 0.877. The summed E-state index contributed by atoms with van der Waals surface area (Å²) < 4.78 is 7.30. The molecule has 1 rings (SSSR count). The average molecular weight is 370 g/mol. The summed E-state index contributed by atoms with van der Waals surface area (Å²) in [7, 11) is 1.67. The van der Waals surface area contributed by atoms with Crippen LogP contribution < -0.4 is 10.1 Å². The highest BCUT2D eigenvalue weighted by Crippen LogP contribution is 2.25. The molecule has 0 spiro atoms. The Labute approximate surface area is 107 Å². The molecule has 0 heterocycles. The van der Waals surface area contributed by atoms with Crippen LogP contribution >= 0.6 is 38.5 Å². The number of halogens is 2. The maximum Gasteiger partial charge on any atom is 0.133 e. The Kier molecular flexibility index (Phi) is 5.81. The molecule has 1 aromatic rings. The number of rotatable bonds is 5. The van der Waals surface area contributed by atoms with Crippen LogP contribution in [0.15, 0.2) is 22.7 Å². The number of hydrogen-bond acceptors (Lipinski definition) is 2. The van der Waals surface area contributed by atoms with E-state index in [4.69, 9.17) is 4.74 Å². The van der Waals surface area contributed by atoms with Gasteiger partial charge in [0.15, 0.2) is 0 Å². The van der Waals surface area contributed by atoms with Crippen LogP contribution in [0.4, 0.5) is 0 Å². The smallest absolute Gasteiger partial charge is 0.133 e. The SMILES string of the molecule is COc1ccc(CNCCI)cc1Br. The minimum Gasteiger partial charge on any atom is -0.496 e. The predicted molar refractivity (Wildman–Crippen MR) is 71.3 cm³/mol. The van der Waals surface area contributed by atoms with Crippen molar-refractivity contribution in [3.8, 4) is 5.75 Å². The van der Waals surface area contributed by atoms with Gasteiger partial charge in [-0.05, 0) is 33.6 Å². The number of hydrogen-bond donors (Lipinski definition) is 1. The van der Waals surface area contributed by atoms with Gasteiger partial charge in [-0.1, -0.05) is 28.7 Å². The monoisotopic (exact) mass is 369 g/mol. The normalized spacial score (nSPS) is 10.2. The lowest BCUT2D eigenvalue weighted by atomic mass is 10.2. The Hall–Kier alpha value is 0.190. The van der Waals surface area contributed by atoms with Crippen molar-refractivity contribution in [2.24, 2.45) is 0 Å². The number of benzene rings is 1. The molecule has 0 saturated carbocycles. The molecule has 0 aliphatic heterocycles. The summed E-state index contributed by atoms with van der Waals surface area (Å²) in [5, 5.41) is 3.35. The van der Waals surface area contributed by atoms with Crippen molar-refractivity contribution in [2.75, 3.05) is 18.1 Å². The molecule has 1 N–H and O–H groups in total. The summed E-state index contributed by atoms with van der Waals surface area (Å²) in [5.74, 6) is 0.877. The van der Waals surface area contributed by atoms with Gasteiger partial charge in [0.1, 0.15) is 5.75 Å². The second-order valence-electron chi connectivity index (χ2n) is 2.83. The van der Waals surface area contributed by atoms with Gasteiger partial charge < -0.3 is 10.1 Å². The quantitative estimate of drug-likeness (QED) is 0.489. The summed E-state index contributed by atoms with van der Waals surface area (Å²) >= 11 is 5.82. The molecular formula is C10H13BrINO. The first-order chi connectivity index (χ1) is 6.77. The molecule has 0 saturated heterocycles. The van der Waals surface area contributed by atoms with Gasteiger partial charge in [-0.3, -0.25) is 0 Å². The molecule has 0 aliphatic carbocycles. The van der Waals surface area contributed by atoms with Crippen molar-refractivity contribution >= 4 is 38.5 Å². The summed E-state index contributed by atoms with van der Waals surface area (Å²) in [4.78, 5) is 0. The molecule has 2 nitrogen and oxygen atoms in total. The first kappa shape index (κ1) is 12.3. The molecular weight excluding hydrogens is 357 g/mol. The lowest BCUT2D eigenvalue weighted by Gasteiger charge is -2.06. The molecule has 78 valence electrons. The maximum atomic E-state index is 5.16. The second kappa shape index (κ2) is 6.63. The number of nitrogens with one attached hydrogen (secondary N) is 1. The van der Waals surface area contributed by atoms with Crippen LogP contribution in [0.2, 0.25) is 0 Å². The molecule has 0 radical (unpaired) electrons. The molecule has 0 bridgehead atoms. The zero-order valence-corrected chi connectivity index (χ0v) is 11.8. The lowest BCUT2D eigenvalue weighted by Crippen LogP contribution is -2.15. The largest absolute Gasteiger partial charge is 0.496 e. The first-order valence-corrected chi connectivity index (χ1v) is 6.69. The standard InChI is InChI=1S/C10H13BrINO/c1-14-10-3-2-8(6-9(10)11)7-13-5-4-12/h2-3,6,13H,4-5,7H2,1H3. The predicted octanol–water partition coefficient (Wildman–Crippen LogP) is 2.98. The van der Waals surface area contributed by atoms with Crippen molar-refractivity contribution in [1.82, 2.24) is 5.32 Å². The number of ether oxygens (including phenoxy) is 1. The lowest BCUT2D eigenvalue weighted by molar-refractivity contribution is 0.412. The van der Waals surface area contributed by atoms with Crippen LogP contribution in [0, 0.1) is 0 Å². The van der Waals surface area contributed by atoms with Gasteiger partial charge in [-0.2, -0.15) is 0 Å². The van der Waals surface area contributed by atoms with Crippen molar-refractivity contribution in [3.05, 3.63) is 28.2 Å². The number of alkyl halides is 1. The Bertz CT molecular complexity index is 293. The molecule has 0 atom stereocenters. The molecule has 0 unspecified atom stereocenters. The fraction of sp³-hybridized carbons (Fsp3) is 0.400. The topological polar surface area (TPSA) is 21.3 Å². The second-order valence-corrected chi connectivity index (χ2v) is 4.77. The Morgan fingerprint density at radius 1 is 1.50 bits per heavy atom. The summed E-state index contributed by atoms with van der Waals surface area (Å²) in [6.07, 6.45) is 0. The van der Waals surface area contributed by atoms with Gasteiger partial charge in [-0.25, -0.2) is 0 Å². The van der Waals surface area contributed by atoms with Crippen molar-refractivity contribution in [1.29, 1.82) is 0 Å². The van der Waals surface area contributed by atoms with Gasteiger partial charge in [0.25, 0.3) is 0 Å². The highest BCUT2D eigenvalue weighted by atomic mass is 127. The summed E-state index contributed by atoms with van der Waals surface area (Å²) in [5.41, 5.74) is 1.27. The van der Waals surface area contributed by atoms with Crippen LogP contribution in [0.5, 0.6) is 5.75 Å². The van der Waals surface area contributed by atoms with Crippen LogP contribution in [0.3, 0.4) is 0 Å². The van der Waals surface area contributed by atoms with E-state index in [1.54, 1.807) is 7.11 Å². The van der Waals surface area contributed by atoms with Crippen molar-refractivity contribution in [3.63, 3.8) is 0 Å². The van der Waals surface area contributed by atoms with Gasteiger partial charge in [0.05, 0.1) is 11.6 Å². The molecule has 0 aliphatic rings. The van der Waals surface area contributed by atoms with E-state index in [1.807, 2.05) is 6.07 Å². The highest BCUT2D eigenvalue weighted by molar-refractivity contribution is 14.1. The van der Waals surface area contributed by atoms with Gasteiger partial charge in [0, 0.05) is 17.5 Å². The van der Waals surface area contributed by atoms with Crippen molar-refractivity contribution < 1.29 is 4.74 Å². The zero-order valence-electron chi connectivity index (χ0n) is 8.02. The Morgan fingerprint density at radius 2 is 2.29 bits per heavy atom. The highest BCUT2D eigenvalue weighted by Gasteiger charge is 2.00. The van der Waals surface area contributed by atoms with Crippen molar-refractivity contribution in [2.45, 2.75) is 6.54 Å². The molecule has 0 amide bonds. The van der Waals surface area contributed by atoms with E-state index in [2.05, 4.69) is 56.0 Å². The third kappa shape index (κ3) is 3.74. The molecule has 1 aromatic carbocycles. The third-order valence-electron chi connectivity index (χ3n) is 1.82. The minimum atomic E-state index is 0.877. The molecule has 4 heteroatoms. The van der Waals surface area contributed by atoms with Gasteiger partial charge in [-0.15, -0.1) is 0 Å². The van der Waals surface area contributed by atoms with E-state index in [1.165, 1.54) is 5.56 Å². The fourth-order valence-corrected chi connectivity index (χ4v) is 2.09. The van der Waals surface area contributed by atoms with E-state index in [0.29, 0.717) is 0 Å². The molecule has 14 heavy (non-hydrogen) atoms. The first-order valence-electron chi connectivity index (χ1n) is 4.37. The molecule has 0 fully saturated rings. The van der Waals surface area contributed by atoms with Crippen LogP contribution in [0.25, 0.3) is 0 Å². The molecule has 0 aromatic heterocycles. The third-order valence-corrected chi connectivity index (χ3v) is 2.98. The van der Waals surface area contributed by atoms with Crippen LogP contribution in [0.1, 0.15) is 5.56 Å². The Morgan fingerprint density at radius 3 is 2.86 bits per heavy atom. The Balaban J connectivity index is 2.57. The van der Waals surface area contributed by atoms with Gasteiger partial charge in [0.2, 0.25) is 0 Å². The van der Waals surface area contributed by atoms with E-state index in [9.17, 15) is 0 Å². The number of methoxy groups -OCH3 is 1. The summed E-state index contributed by atoms with van der Waals surface area (Å²) in [6, 6.07) is 6.13. The maximum absolute atomic E-state index is 5.16. The fourth-order valence-electron chi connectivity index (χ4n) is 1.12. The van der Waals surface area contributed by atoms with E-state index < -0.39 is 0 Å². The van der Waals surface area contributed by atoms with E-state index in [-0.39, 0.29) is 0 Å². The van der Waals surface area contributed by atoms with E-state index in [0.717, 1.165) is 27.7 Å². The van der Waals surface area contributed by atoms with Gasteiger partial charge >= 0.3 is 0 Å². The van der Waals surface area contributed by atoms with Crippen LogP contribution in [-0.2, 0) is 6.54 Å². The summed E-state index contributed by atoms with van der Waals surface area (Å²) in [6.45, 7) is 1.95.